The van der Waals surface area contributed by atoms with Gasteiger partial charge in [-0.2, -0.15) is 0 Å². The maximum Gasteiger partial charge on any atom is 0.300 e. The number of carbonyl (C=O) groups excluding carboxylic acids is 2. The Balaban J connectivity index is 2.01. The largest absolute Gasteiger partial charge is 0.507 e. The number of benzene rings is 3. The van der Waals surface area contributed by atoms with E-state index in [9.17, 15) is 14.7 Å². The molecule has 1 aliphatic heterocycles. The molecule has 3 aromatic rings. The number of hydrogen-bond acceptors (Lipinski definition) is 6. The Labute approximate surface area is 218 Å². The van der Waals surface area contributed by atoms with Gasteiger partial charge >= 0.3 is 0 Å². The van der Waals surface area contributed by atoms with Crippen molar-refractivity contribution in [3.05, 3.63) is 87.4 Å². The summed E-state index contributed by atoms with van der Waals surface area (Å²) in [5.41, 5.74) is 0.955. The van der Waals surface area contributed by atoms with Gasteiger partial charge in [0.15, 0.2) is 11.5 Å². The highest BCUT2D eigenvalue weighted by atomic mass is 35.5. The summed E-state index contributed by atoms with van der Waals surface area (Å²) >= 11 is 12.8. The Morgan fingerprint density at radius 2 is 1.67 bits per heavy atom. The molecule has 7 nitrogen and oxygen atoms in total. The van der Waals surface area contributed by atoms with Crippen LogP contribution in [-0.4, -0.2) is 37.6 Å². The number of methoxy groups -OCH3 is 2. The van der Waals surface area contributed by atoms with Crippen LogP contribution in [0.5, 0.6) is 17.2 Å². The van der Waals surface area contributed by atoms with Crippen molar-refractivity contribution < 1.29 is 28.9 Å². The molecule has 3 aromatic carbocycles. The molecule has 0 saturated carbocycles. The fourth-order valence-electron chi connectivity index (χ4n) is 4.24. The van der Waals surface area contributed by atoms with Crippen LogP contribution in [0.2, 0.25) is 10.0 Å². The first-order valence-electron chi connectivity index (χ1n) is 11.0. The third-order valence-corrected chi connectivity index (χ3v) is 6.38. The van der Waals surface area contributed by atoms with E-state index in [1.54, 1.807) is 54.6 Å². The molecule has 0 bridgehead atoms. The number of halogens is 2. The Bertz CT molecular complexity index is 1360. The van der Waals surface area contributed by atoms with Crippen molar-refractivity contribution in [2.24, 2.45) is 0 Å². The first-order chi connectivity index (χ1) is 17.3. The van der Waals surface area contributed by atoms with Gasteiger partial charge in [0.05, 0.1) is 43.0 Å². The molecule has 36 heavy (non-hydrogen) atoms. The summed E-state index contributed by atoms with van der Waals surface area (Å²) in [5, 5.41) is 11.6. The summed E-state index contributed by atoms with van der Waals surface area (Å²) in [6, 6.07) is 16.2. The van der Waals surface area contributed by atoms with Crippen molar-refractivity contribution >= 4 is 46.3 Å². The summed E-state index contributed by atoms with van der Waals surface area (Å²) in [6.07, 6.45) is 0. The molecular formula is C27H23Cl2NO6. The summed E-state index contributed by atoms with van der Waals surface area (Å²) in [5.74, 6) is -1.39. The van der Waals surface area contributed by atoms with E-state index in [1.807, 2.05) is 6.92 Å². The molecule has 1 heterocycles. The first kappa shape index (κ1) is 25.4. The Kier molecular flexibility index (Phi) is 7.43. The highest BCUT2D eigenvalue weighted by Crippen LogP contribution is 2.48. The fourth-order valence-corrected chi connectivity index (χ4v) is 4.92. The monoisotopic (exact) mass is 527 g/mol. The van der Waals surface area contributed by atoms with Gasteiger partial charge in [-0.3, -0.25) is 14.5 Å². The van der Waals surface area contributed by atoms with Gasteiger partial charge < -0.3 is 19.3 Å². The van der Waals surface area contributed by atoms with Crippen molar-refractivity contribution in [1.29, 1.82) is 0 Å². The second-order valence-corrected chi connectivity index (χ2v) is 8.58. The van der Waals surface area contributed by atoms with Gasteiger partial charge in [0.1, 0.15) is 16.5 Å². The zero-order valence-electron chi connectivity index (χ0n) is 19.7. The number of nitrogens with zero attached hydrogens (tertiary/aromatic N) is 1. The van der Waals surface area contributed by atoms with Gasteiger partial charge in [0, 0.05) is 5.69 Å². The standard InChI is InChI=1S/C27H23Cl2NO6/c1-4-36-17-12-8-9-15(13-17)22-20(24(32)27(33)30(22)16-10-6-5-7-11-16)23(31)18-14-19(28)26(35-3)21(29)25(18)34-2/h5-14,22,31H,4H2,1-3H3/b23-20+. The van der Waals surface area contributed by atoms with E-state index < -0.39 is 23.5 Å². The third kappa shape index (κ3) is 4.36. The SMILES string of the molecule is CCOc1cccc(C2/C(=C(\O)c3cc(Cl)c(OC)c(Cl)c3OC)C(=O)C(=O)N2c2ccccc2)c1. The van der Waals surface area contributed by atoms with Crippen molar-refractivity contribution in [2.75, 3.05) is 25.7 Å². The molecule has 0 spiro atoms. The van der Waals surface area contributed by atoms with E-state index >= 15 is 0 Å². The summed E-state index contributed by atoms with van der Waals surface area (Å²) in [4.78, 5) is 28.1. The van der Waals surface area contributed by atoms with Crippen LogP contribution in [0.15, 0.2) is 66.2 Å². The molecule has 1 aliphatic rings. The van der Waals surface area contributed by atoms with E-state index in [2.05, 4.69) is 0 Å². The van der Waals surface area contributed by atoms with E-state index in [4.69, 9.17) is 37.4 Å². The lowest BCUT2D eigenvalue weighted by Gasteiger charge is -2.26. The second-order valence-electron chi connectivity index (χ2n) is 7.80. The number of para-hydroxylation sites is 1. The van der Waals surface area contributed by atoms with E-state index in [-0.39, 0.29) is 32.7 Å². The van der Waals surface area contributed by atoms with E-state index in [0.29, 0.717) is 23.6 Å². The zero-order chi connectivity index (χ0) is 26.0. The van der Waals surface area contributed by atoms with Crippen LogP contribution in [0.3, 0.4) is 0 Å². The van der Waals surface area contributed by atoms with Gasteiger partial charge in [-0.25, -0.2) is 0 Å². The number of amides is 1. The minimum absolute atomic E-state index is 0.0150. The molecule has 186 valence electrons. The Morgan fingerprint density at radius 3 is 2.31 bits per heavy atom. The summed E-state index contributed by atoms with van der Waals surface area (Å²) < 4.78 is 16.3. The van der Waals surface area contributed by atoms with Gasteiger partial charge in [-0.15, -0.1) is 0 Å². The molecule has 1 fully saturated rings. The molecule has 1 unspecified atom stereocenters. The van der Waals surface area contributed by atoms with Crippen LogP contribution < -0.4 is 19.1 Å². The minimum Gasteiger partial charge on any atom is -0.507 e. The maximum atomic E-state index is 13.4. The van der Waals surface area contributed by atoms with E-state index in [0.717, 1.165) is 0 Å². The van der Waals surface area contributed by atoms with Crippen LogP contribution in [0.4, 0.5) is 5.69 Å². The van der Waals surface area contributed by atoms with Crippen LogP contribution in [0, 0.1) is 0 Å². The number of aliphatic hydroxyl groups is 1. The summed E-state index contributed by atoms with van der Waals surface area (Å²) in [7, 11) is 2.75. The lowest BCUT2D eigenvalue weighted by atomic mass is 9.94. The summed E-state index contributed by atoms with van der Waals surface area (Å²) in [6.45, 7) is 2.29. The number of Topliss-reactive ketones (excluding diaryl/α,β-unsaturated/α-hetero) is 1. The van der Waals surface area contributed by atoms with Gasteiger partial charge in [0.2, 0.25) is 0 Å². The third-order valence-electron chi connectivity index (χ3n) is 5.76. The predicted molar refractivity (Wildman–Crippen MR) is 138 cm³/mol. The van der Waals surface area contributed by atoms with E-state index in [1.165, 1.54) is 25.2 Å². The van der Waals surface area contributed by atoms with Crippen molar-refractivity contribution in [3.63, 3.8) is 0 Å². The smallest absolute Gasteiger partial charge is 0.300 e. The molecular weight excluding hydrogens is 505 g/mol. The number of ketones is 1. The van der Waals surface area contributed by atoms with Crippen LogP contribution in [0.25, 0.3) is 5.76 Å². The molecule has 9 heteroatoms. The lowest BCUT2D eigenvalue weighted by Crippen LogP contribution is -2.29. The average molecular weight is 528 g/mol. The van der Waals surface area contributed by atoms with Gasteiger partial charge in [-0.1, -0.05) is 53.5 Å². The number of rotatable bonds is 7. The van der Waals surface area contributed by atoms with Crippen LogP contribution in [-0.2, 0) is 9.59 Å². The number of anilines is 1. The Hall–Kier alpha value is -3.68. The topological polar surface area (TPSA) is 85.3 Å². The molecule has 1 amide bonds. The number of aliphatic hydroxyl groups excluding tert-OH is 1. The number of ether oxygens (including phenoxy) is 3. The average Bonchev–Trinajstić information content (AvgIpc) is 3.14. The molecule has 1 saturated heterocycles. The highest BCUT2D eigenvalue weighted by molar-refractivity contribution is 6.52. The number of hydrogen-bond donors (Lipinski definition) is 1. The minimum atomic E-state index is -0.961. The van der Waals surface area contributed by atoms with Crippen LogP contribution >= 0.6 is 23.2 Å². The normalized spacial score (nSPS) is 16.8. The zero-order valence-corrected chi connectivity index (χ0v) is 21.3. The molecule has 0 radical (unpaired) electrons. The maximum absolute atomic E-state index is 13.4. The fraction of sp³-hybridized carbons (Fsp3) is 0.185. The second kappa shape index (κ2) is 10.5. The van der Waals surface area contributed by atoms with Gasteiger partial charge in [-0.05, 0) is 42.8 Å². The van der Waals surface area contributed by atoms with Crippen molar-refractivity contribution in [3.8, 4) is 17.2 Å². The molecule has 1 atom stereocenters. The van der Waals surface area contributed by atoms with Crippen LogP contribution in [0.1, 0.15) is 24.1 Å². The first-order valence-corrected chi connectivity index (χ1v) is 11.8. The number of carbonyl (C=O) groups is 2. The molecule has 4 rings (SSSR count). The molecule has 1 N–H and O–H groups in total. The van der Waals surface area contributed by atoms with Crippen molar-refractivity contribution in [2.45, 2.75) is 13.0 Å². The molecule has 0 aliphatic carbocycles. The quantitative estimate of drug-likeness (QED) is 0.229. The molecule has 0 aromatic heterocycles. The Morgan fingerprint density at radius 1 is 0.972 bits per heavy atom. The lowest BCUT2D eigenvalue weighted by molar-refractivity contribution is -0.132. The highest BCUT2D eigenvalue weighted by Gasteiger charge is 2.47. The van der Waals surface area contributed by atoms with Crippen molar-refractivity contribution in [1.82, 2.24) is 0 Å². The van der Waals surface area contributed by atoms with Gasteiger partial charge in [0.25, 0.3) is 11.7 Å². The predicted octanol–water partition coefficient (Wildman–Crippen LogP) is 6.04.